The van der Waals surface area contributed by atoms with Gasteiger partial charge >= 0.3 is 0 Å². The summed E-state index contributed by atoms with van der Waals surface area (Å²) in [6, 6.07) is 13.6. The Bertz CT molecular complexity index is 1280. The number of carbonyl (C=O) groups is 2. The minimum atomic E-state index is -0.323. The van der Waals surface area contributed by atoms with E-state index in [1.54, 1.807) is 18.5 Å². The van der Waals surface area contributed by atoms with E-state index >= 15 is 0 Å². The monoisotopic (exact) mass is 486 g/mol. The molecule has 4 rings (SSSR count). The molecule has 3 heterocycles. The largest absolute Gasteiger partial charge is 0.493 e. The van der Waals surface area contributed by atoms with Crippen LogP contribution in [0, 0.1) is 11.3 Å². The summed E-state index contributed by atoms with van der Waals surface area (Å²) in [5.74, 6) is 0.459. The number of anilines is 1. The lowest BCUT2D eigenvalue weighted by molar-refractivity contribution is -0.132. The molecule has 0 saturated heterocycles. The lowest BCUT2D eigenvalue weighted by Gasteiger charge is -2.27. The SMILES string of the molecule is CCOc1ccccc1C=CC(=O)Nc1sc2c(c1C#N)CCN(C(=O)CCc1cccnc1)C2. The van der Waals surface area contributed by atoms with Crippen LogP contribution in [0.15, 0.2) is 54.9 Å². The predicted octanol–water partition coefficient (Wildman–Crippen LogP) is 4.58. The van der Waals surface area contributed by atoms with Crippen LogP contribution in [0.2, 0.25) is 0 Å². The van der Waals surface area contributed by atoms with Crippen molar-refractivity contribution >= 4 is 34.2 Å². The van der Waals surface area contributed by atoms with E-state index in [2.05, 4.69) is 16.4 Å². The summed E-state index contributed by atoms with van der Waals surface area (Å²) in [4.78, 5) is 32.3. The summed E-state index contributed by atoms with van der Waals surface area (Å²) >= 11 is 1.37. The fourth-order valence-electron chi connectivity index (χ4n) is 4.00. The van der Waals surface area contributed by atoms with Gasteiger partial charge in [0.2, 0.25) is 11.8 Å². The standard InChI is InChI=1S/C27H26N4O3S/c1-2-34-23-8-4-3-7-20(23)10-11-25(32)30-27-22(16-28)21-13-15-31(18-24(21)35-27)26(33)12-9-19-6-5-14-29-17-19/h3-8,10-11,14,17H,2,9,12-13,15,18H2,1H3,(H,30,32). The molecule has 0 spiro atoms. The van der Waals surface area contributed by atoms with Gasteiger partial charge in [-0.15, -0.1) is 11.3 Å². The third kappa shape index (κ3) is 5.94. The zero-order valence-electron chi connectivity index (χ0n) is 19.5. The third-order valence-electron chi connectivity index (χ3n) is 5.74. The Labute approximate surface area is 208 Å². The van der Waals surface area contributed by atoms with Gasteiger partial charge in [-0.3, -0.25) is 14.6 Å². The van der Waals surface area contributed by atoms with Crippen molar-refractivity contribution in [1.82, 2.24) is 9.88 Å². The number of aromatic nitrogens is 1. The van der Waals surface area contributed by atoms with Crippen LogP contribution in [0.4, 0.5) is 5.00 Å². The van der Waals surface area contributed by atoms with Crippen molar-refractivity contribution < 1.29 is 14.3 Å². The number of hydrogen-bond donors (Lipinski definition) is 1. The second kappa shape index (κ2) is 11.4. The number of nitriles is 1. The zero-order valence-corrected chi connectivity index (χ0v) is 20.3. The highest BCUT2D eigenvalue weighted by Crippen LogP contribution is 2.37. The molecule has 0 unspecified atom stereocenters. The number of nitrogens with one attached hydrogen (secondary N) is 1. The molecule has 1 aromatic carbocycles. The summed E-state index contributed by atoms with van der Waals surface area (Å²) in [6.45, 7) is 3.46. The second-order valence-electron chi connectivity index (χ2n) is 8.04. The van der Waals surface area contributed by atoms with Gasteiger partial charge in [-0.25, -0.2) is 0 Å². The van der Waals surface area contributed by atoms with Crippen molar-refractivity contribution in [3.8, 4) is 11.8 Å². The molecule has 1 aliphatic heterocycles. The Kier molecular flexibility index (Phi) is 7.91. The molecule has 1 N–H and O–H groups in total. The first kappa shape index (κ1) is 24.2. The van der Waals surface area contributed by atoms with Gasteiger partial charge in [0.25, 0.3) is 0 Å². The summed E-state index contributed by atoms with van der Waals surface area (Å²) in [5.41, 5.74) is 3.25. The zero-order chi connectivity index (χ0) is 24.6. The van der Waals surface area contributed by atoms with Crippen molar-refractivity contribution in [2.45, 2.75) is 32.7 Å². The van der Waals surface area contributed by atoms with Crippen LogP contribution in [-0.4, -0.2) is 34.8 Å². The lowest BCUT2D eigenvalue weighted by atomic mass is 10.0. The van der Waals surface area contributed by atoms with Crippen LogP contribution in [0.3, 0.4) is 0 Å². The number of fused-ring (bicyclic) bond motifs is 1. The molecule has 35 heavy (non-hydrogen) atoms. The number of rotatable bonds is 8. The summed E-state index contributed by atoms with van der Waals surface area (Å²) in [6.07, 6.45) is 8.28. The van der Waals surface area contributed by atoms with E-state index < -0.39 is 0 Å². The van der Waals surface area contributed by atoms with Crippen molar-refractivity contribution in [2.75, 3.05) is 18.5 Å². The second-order valence-corrected chi connectivity index (χ2v) is 9.14. The minimum absolute atomic E-state index is 0.0768. The Morgan fingerprint density at radius 1 is 1.29 bits per heavy atom. The van der Waals surface area contributed by atoms with Gasteiger partial charge in [0.1, 0.15) is 16.8 Å². The fourth-order valence-corrected chi connectivity index (χ4v) is 5.22. The number of hydrogen-bond acceptors (Lipinski definition) is 6. The minimum Gasteiger partial charge on any atom is -0.493 e. The van der Waals surface area contributed by atoms with Gasteiger partial charge in [-0.1, -0.05) is 24.3 Å². The quantitative estimate of drug-likeness (QED) is 0.470. The number of nitrogens with zero attached hydrogens (tertiary/aromatic N) is 3. The van der Waals surface area contributed by atoms with Gasteiger partial charge in [-0.2, -0.15) is 5.26 Å². The molecule has 0 bridgehead atoms. The number of pyridine rings is 1. The van der Waals surface area contributed by atoms with Crippen LogP contribution in [0.25, 0.3) is 6.08 Å². The van der Waals surface area contributed by atoms with Gasteiger partial charge < -0.3 is 15.0 Å². The lowest BCUT2D eigenvalue weighted by Crippen LogP contribution is -2.35. The molecule has 0 fully saturated rings. The molecular weight excluding hydrogens is 460 g/mol. The fraction of sp³-hybridized carbons (Fsp3) is 0.259. The predicted molar refractivity (Wildman–Crippen MR) is 136 cm³/mol. The number of benzene rings is 1. The molecule has 3 aromatic rings. The Hall–Kier alpha value is -3.96. The number of para-hydroxylation sites is 1. The molecular formula is C27H26N4O3S. The van der Waals surface area contributed by atoms with E-state index in [9.17, 15) is 14.9 Å². The number of amides is 2. The van der Waals surface area contributed by atoms with Crippen LogP contribution in [0.5, 0.6) is 5.75 Å². The first-order valence-electron chi connectivity index (χ1n) is 11.5. The van der Waals surface area contributed by atoms with Crippen LogP contribution >= 0.6 is 11.3 Å². The van der Waals surface area contributed by atoms with Gasteiger partial charge in [0.15, 0.2) is 0 Å². The Balaban J connectivity index is 1.41. The van der Waals surface area contributed by atoms with Crippen molar-refractivity contribution in [1.29, 1.82) is 5.26 Å². The van der Waals surface area contributed by atoms with E-state index in [0.29, 0.717) is 55.3 Å². The molecule has 8 heteroatoms. The Morgan fingerprint density at radius 2 is 2.14 bits per heavy atom. The maximum Gasteiger partial charge on any atom is 0.249 e. The van der Waals surface area contributed by atoms with Crippen LogP contribution < -0.4 is 10.1 Å². The topological polar surface area (TPSA) is 95.3 Å². The normalized spacial score (nSPS) is 12.7. The van der Waals surface area contributed by atoms with E-state index in [1.165, 1.54) is 17.4 Å². The summed E-state index contributed by atoms with van der Waals surface area (Å²) in [7, 11) is 0. The highest BCUT2D eigenvalue weighted by atomic mass is 32.1. The molecule has 0 saturated carbocycles. The van der Waals surface area contributed by atoms with Crippen LogP contribution in [-0.2, 0) is 29.0 Å². The molecule has 7 nitrogen and oxygen atoms in total. The summed E-state index contributed by atoms with van der Waals surface area (Å²) in [5, 5.41) is 13.1. The average Bonchev–Trinajstić information content (AvgIpc) is 3.23. The molecule has 0 atom stereocenters. The van der Waals surface area contributed by atoms with Crippen molar-refractivity contribution in [3.63, 3.8) is 0 Å². The van der Waals surface area contributed by atoms with Crippen LogP contribution in [0.1, 0.15) is 40.5 Å². The van der Waals surface area contributed by atoms with Gasteiger partial charge in [0, 0.05) is 41.9 Å². The molecule has 2 amide bonds. The maximum absolute atomic E-state index is 12.8. The number of thiophene rings is 1. The van der Waals surface area contributed by atoms with E-state index in [4.69, 9.17) is 4.74 Å². The highest BCUT2D eigenvalue weighted by molar-refractivity contribution is 7.16. The number of ether oxygens (including phenoxy) is 1. The van der Waals surface area contributed by atoms with Gasteiger partial charge in [0.05, 0.1) is 18.7 Å². The molecule has 2 aromatic heterocycles. The maximum atomic E-state index is 12.8. The van der Waals surface area contributed by atoms with Gasteiger partial charge in [-0.05, 0) is 49.1 Å². The van der Waals surface area contributed by atoms with E-state index in [-0.39, 0.29) is 11.8 Å². The van der Waals surface area contributed by atoms with E-state index in [0.717, 1.165) is 21.6 Å². The molecule has 1 aliphatic rings. The Morgan fingerprint density at radius 3 is 2.91 bits per heavy atom. The summed E-state index contributed by atoms with van der Waals surface area (Å²) < 4.78 is 5.59. The van der Waals surface area contributed by atoms with E-state index in [1.807, 2.05) is 48.2 Å². The first-order chi connectivity index (χ1) is 17.1. The smallest absolute Gasteiger partial charge is 0.249 e. The molecule has 0 radical (unpaired) electrons. The third-order valence-corrected chi connectivity index (χ3v) is 6.87. The van der Waals surface area contributed by atoms with Crippen molar-refractivity contribution in [3.05, 3.63) is 82.0 Å². The highest BCUT2D eigenvalue weighted by Gasteiger charge is 2.27. The first-order valence-corrected chi connectivity index (χ1v) is 12.3. The molecule has 0 aliphatic carbocycles. The average molecular weight is 487 g/mol. The van der Waals surface area contributed by atoms with Crippen molar-refractivity contribution in [2.24, 2.45) is 0 Å². The number of carbonyl (C=O) groups excluding carboxylic acids is 2. The number of aryl methyl sites for hydroxylation is 1. The molecule has 178 valence electrons.